The summed E-state index contributed by atoms with van der Waals surface area (Å²) in [6.45, 7) is 6.62. The van der Waals surface area contributed by atoms with Crippen molar-refractivity contribution in [1.82, 2.24) is 10.6 Å². The summed E-state index contributed by atoms with van der Waals surface area (Å²) in [5.41, 5.74) is 2.42. The Bertz CT molecular complexity index is 837. The molecule has 2 rings (SSSR count). The van der Waals surface area contributed by atoms with Gasteiger partial charge in [-0.2, -0.15) is 0 Å². The van der Waals surface area contributed by atoms with Gasteiger partial charge in [0.05, 0.1) is 26.9 Å². The van der Waals surface area contributed by atoms with Crippen molar-refractivity contribution in [2.45, 2.75) is 33.4 Å². The van der Waals surface area contributed by atoms with Crippen LogP contribution < -0.4 is 24.8 Å². The maximum Gasteiger partial charge on any atom is 0.203 e. The highest BCUT2D eigenvalue weighted by Gasteiger charge is 2.15. The normalized spacial score (nSPS) is 11.9. The van der Waals surface area contributed by atoms with Gasteiger partial charge in [-0.1, -0.05) is 12.1 Å². The zero-order chi connectivity index (χ0) is 21.4. The second kappa shape index (κ2) is 12.5. The number of aliphatic imine (C=N–C) groups is 1. The SMILES string of the molecule is CCOc1c(OC)cc(CNC(=NC)NC(C)c2ccc(C)c(F)c2)cc1OC.I. The molecule has 30 heavy (non-hydrogen) atoms. The Kier molecular flexibility index (Phi) is 10.7. The Hall–Kier alpha value is -2.23. The van der Waals surface area contributed by atoms with Gasteiger partial charge in [0, 0.05) is 13.6 Å². The summed E-state index contributed by atoms with van der Waals surface area (Å²) >= 11 is 0. The van der Waals surface area contributed by atoms with E-state index in [1.54, 1.807) is 40.3 Å². The lowest BCUT2D eigenvalue weighted by Gasteiger charge is -2.19. The van der Waals surface area contributed by atoms with Crippen LogP contribution in [0.5, 0.6) is 17.2 Å². The van der Waals surface area contributed by atoms with Gasteiger partial charge in [-0.3, -0.25) is 4.99 Å². The lowest BCUT2D eigenvalue weighted by atomic mass is 10.1. The van der Waals surface area contributed by atoms with Crippen molar-refractivity contribution >= 4 is 29.9 Å². The van der Waals surface area contributed by atoms with Gasteiger partial charge in [0.25, 0.3) is 0 Å². The van der Waals surface area contributed by atoms with Crippen LogP contribution >= 0.6 is 24.0 Å². The van der Waals surface area contributed by atoms with Gasteiger partial charge >= 0.3 is 0 Å². The largest absolute Gasteiger partial charge is 0.493 e. The number of methoxy groups -OCH3 is 2. The summed E-state index contributed by atoms with van der Waals surface area (Å²) in [7, 11) is 4.88. The zero-order valence-electron chi connectivity index (χ0n) is 18.3. The predicted octanol–water partition coefficient (Wildman–Crippen LogP) is 4.59. The van der Waals surface area contributed by atoms with Gasteiger partial charge < -0.3 is 24.8 Å². The van der Waals surface area contributed by atoms with Crippen molar-refractivity contribution in [1.29, 1.82) is 0 Å². The van der Waals surface area contributed by atoms with Crippen molar-refractivity contribution in [3.8, 4) is 17.2 Å². The maximum absolute atomic E-state index is 13.9. The number of aryl methyl sites for hydroxylation is 1. The molecule has 6 nitrogen and oxygen atoms in total. The van der Waals surface area contributed by atoms with Crippen LogP contribution in [0.25, 0.3) is 0 Å². The average molecular weight is 531 g/mol. The lowest BCUT2D eigenvalue weighted by molar-refractivity contribution is 0.288. The molecule has 0 saturated heterocycles. The number of hydrogen-bond donors (Lipinski definition) is 2. The first-order valence-corrected chi connectivity index (χ1v) is 9.54. The standard InChI is InChI=1S/C22H30FN3O3.HI/c1-7-29-21-19(27-5)10-16(11-20(21)28-6)13-25-22(24-4)26-15(3)17-9-8-14(2)18(23)12-17;/h8-12,15H,7,13H2,1-6H3,(H2,24,25,26);1H. The third-order valence-electron chi connectivity index (χ3n) is 4.54. The Balaban J connectivity index is 0.00000450. The first-order chi connectivity index (χ1) is 13.9. The highest BCUT2D eigenvalue weighted by atomic mass is 127. The fraction of sp³-hybridized carbons (Fsp3) is 0.409. The molecule has 2 aromatic carbocycles. The molecule has 0 radical (unpaired) electrons. The van der Waals surface area contributed by atoms with Crippen molar-refractivity contribution < 1.29 is 18.6 Å². The minimum absolute atomic E-state index is 0. The maximum atomic E-state index is 13.9. The smallest absolute Gasteiger partial charge is 0.203 e. The van der Waals surface area contributed by atoms with Gasteiger partial charge in [0.2, 0.25) is 5.75 Å². The minimum Gasteiger partial charge on any atom is -0.493 e. The van der Waals surface area contributed by atoms with Crippen LogP contribution in [0, 0.1) is 12.7 Å². The fourth-order valence-electron chi connectivity index (χ4n) is 2.87. The molecule has 0 heterocycles. The van der Waals surface area contributed by atoms with Crippen molar-refractivity contribution in [3.05, 3.63) is 52.8 Å². The van der Waals surface area contributed by atoms with Gasteiger partial charge in [0.15, 0.2) is 17.5 Å². The number of rotatable bonds is 8. The van der Waals surface area contributed by atoms with Crippen molar-refractivity contribution in [2.75, 3.05) is 27.9 Å². The van der Waals surface area contributed by atoms with E-state index in [1.165, 1.54) is 0 Å². The molecular formula is C22H31FIN3O3. The molecule has 2 aromatic rings. The number of nitrogens with zero attached hydrogens (tertiary/aromatic N) is 1. The first-order valence-electron chi connectivity index (χ1n) is 9.54. The number of ether oxygens (including phenoxy) is 3. The van der Waals surface area contributed by atoms with Crippen molar-refractivity contribution in [3.63, 3.8) is 0 Å². The molecule has 2 N–H and O–H groups in total. The highest BCUT2D eigenvalue weighted by molar-refractivity contribution is 14.0. The second-order valence-electron chi connectivity index (χ2n) is 6.56. The predicted molar refractivity (Wildman–Crippen MR) is 129 cm³/mol. The number of halogens is 2. The molecule has 1 unspecified atom stereocenters. The first kappa shape index (κ1) is 25.8. The Morgan fingerprint density at radius 2 is 1.77 bits per heavy atom. The van der Waals surface area contributed by atoms with E-state index in [2.05, 4.69) is 15.6 Å². The van der Waals surface area contributed by atoms with E-state index in [0.29, 0.717) is 41.9 Å². The molecule has 8 heteroatoms. The van der Waals surface area contributed by atoms with Crippen LogP contribution in [-0.4, -0.2) is 33.8 Å². The summed E-state index contributed by atoms with van der Waals surface area (Å²) in [6, 6.07) is 8.91. The molecule has 166 valence electrons. The Labute approximate surface area is 195 Å². The summed E-state index contributed by atoms with van der Waals surface area (Å²) < 4.78 is 30.4. The summed E-state index contributed by atoms with van der Waals surface area (Å²) in [5, 5.41) is 6.53. The van der Waals surface area contributed by atoms with E-state index in [0.717, 1.165) is 11.1 Å². The highest BCUT2D eigenvalue weighted by Crippen LogP contribution is 2.38. The van der Waals surface area contributed by atoms with Gasteiger partial charge in [-0.25, -0.2) is 4.39 Å². The van der Waals surface area contributed by atoms with Crippen LogP contribution in [0.2, 0.25) is 0 Å². The molecule has 0 bridgehead atoms. The molecule has 1 atom stereocenters. The number of guanidine groups is 1. The Morgan fingerprint density at radius 3 is 2.27 bits per heavy atom. The quantitative estimate of drug-likeness (QED) is 0.297. The van der Waals surface area contributed by atoms with Gasteiger partial charge in [-0.05, 0) is 55.7 Å². The van der Waals surface area contributed by atoms with E-state index in [9.17, 15) is 4.39 Å². The van der Waals surface area contributed by atoms with Gasteiger partial charge in [0.1, 0.15) is 5.82 Å². The van der Waals surface area contributed by atoms with Crippen LogP contribution in [-0.2, 0) is 6.54 Å². The van der Waals surface area contributed by atoms with E-state index in [4.69, 9.17) is 14.2 Å². The monoisotopic (exact) mass is 531 g/mol. The number of nitrogens with one attached hydrogen (secondary N) is 2. The lowest BCUT2D eigenvalue weighted by Crippen LogP contribution is -2.38. The van der Waals surface area contributed by atoms with Crippen LogP contribution in [0.15, 0.2) is 35.3 Å². The number of benzene rings is 2. The molecule has 0 aromatic heterocycles. The Morgan fingerprint density at radius 1 is 1.13 bits per heavy atom. The average Bonchev–Trinajstić information content (AvgIpc) is 2.73. The van der Waals surface area contributed by atoms with E-state index < -0.39 is 0 Å². The molecule has 0 amide bonds. The molecule has 0 fully saturated rings. The van der Waals surface area contributed by atoms with E-state index in [-0.39, 0.29) is 35.8 Å². The minimum atomic E-state index is -0.215. The molecule has 0 aliphatic rings. The summed E-state index contributed by atoms with van der Waals surface area (Å²) in [4.78, 5) is 4.25. The summed E-state index contributed by atoms with van der Waals surface area (Å²) in [6.07, 6.45) is 0. The van der Waals surface area contributed by atoms with Crippen LogP contribution in [0.3, 0.4) is 0 Å². The van der Waals surface area contributed by atoms with E-state index in [1.807, 2.05) is 32.0 Å². The third-order valence-corrected chi connectivity index (χ3v) is 4.54. The van der Waals surface area contributed by atoms with Gasteiger partial charge in [-0.15, -0.1) is 24.0 Å². The molecule has 0 saturated carbocycles. The third kappa shape index (κ3) is 6.65. The molecular weight excluding hydrogens is 500 g/mol. The van der Waals surface area contributed by atoms with Crippen LogP contribution in [0.4, 0.5) is 4.39 Å². The molecule has 0 aliphatic heterocycles. The van der Waals surface area contributed by atoms with E-state index >= 15 is 0 Å². The summed E-state index contributed by atoms with van der Waals surface area (Å²) in [5.74, 6) is 2.18. The molecule has 0 aliphatic carbocycles. The zero-order valence-corrected chi connectivity index (χ0v) is 20.7. The van der Waals surface area contributed by atoms with Crippen molar-refractivity contribution in [2.24, 2.45) is 4.99 Å². The molecule has 0 spiro atoms. The fourth-order valence-corrected chi connectivity index (χ4v) is 2.87. The van der Waals surface area contributed by atoms with Crippen LogP contribution in [0.1, 0.15) is 36.6 Å². The topological polar surface area (TPSA) is 64.1 Å². The number of hydrogen-bond acceptors (Lipinski definition) is 4. The second-order valence-corrected chi connectivity index (χ2v) is 6.56.